The smallest absolute Gasteiger partial charge is 0.412 e. The van der Waals surface area contributed by atoms with Gasteiger partial charge in [0.2, 0.25) is 5.95 Å². The van der Waals surface area contributed by atoms with E-state index in [0.717, 1.165) is 0 Å². The van der Waals surface area contributed by atoms with Gasteiger partial charge in [0.05, 0.1) is 24.2 Å². The first-order valence-corrected chi connectivity index (χ1v) is 8.71. The Balaban J connectivity index is 1.84. The molecular formula is C18H16FN7O3. The fourth-order valence-corrected chi connectivity index (χ4v) is 2.80. The third-order valence-corrected chi connectivity index (χ3v) is 4.03. The van der Waals surface area contributed by atoms with Crippen LogP contribution >= 0.6 is 0 Å². The molecular weight excluding hydrogens is 381 g/mol. The Morgan fingerprint density at radius 1 is 1.28 bits per heavy atom. The maximum Gasteiger partial charge on any atom is 0.412 e. The van der Waals surface area contributed by atoms with Crippen LogP contribution in [-0.2, 0) is 4.74 Å². The summed E-state index contributed by atoms with van der Waals surface area (Å²) in [6.45, 7) is 3.62. The van der Waals surface area contributed by atoms with Crippen LogP contribution in [0.3, 0.4) is 0 Å². The molecule has 0 saturated heterocycles. The molecule has 2 N–H and O–H groups in total. The highest BCUT2D eigenvalue weighted by atomic mass is 19.1. The summed E-state index contributed by atoms with van der Waals surface area (Å²) < 4.78 is 20.8. The normalized spacial score (nSPS) is 11.0. The van der Waals surface area contributed by atoms with Crippen LogP contribution in [0.15, 0.2) is 41.3 Å². The molecule has 0 atom stereocenters. The van der Waals surface area contributed by atoms with Gasteiger partial charge in [0.25, 0.3) is 5.56 Å². The van der Waals surface area contributed by atoms with E-state index < -0.39 is 17.5 Å². The number of carbonyl (C=O) groups is 1. The summed E-state index contributed by atoms with van der Waals surface area (Å²) in [6, 6.07) is 7.23. The fourth-order valence-electron chi connectivity index (χ4n) is 2.80. The van der Waals surface area contributed by atoms with Crippen molar-refractivity contribution in [2.75, 3.05) is 11.9 Å². The molecule has 0 saturated carbocycles. The van der Waals surface area contributed by atoms with Crippen LogP contribution in [0.1, 0.15) is 12.6 Å². The van der Waals surface area contributed by atoms with Crippen molar-refractivity contribution in [3.63, 3.8) is 0 Å². The summed E-state index contributed by atoms with van der Waals surface area (Å²) in [7, 11) is 0. The second-order valence-electron chi connectivity index (χ2n) is 6.09. The van der Waals surface area contributed by atoms with Crippen molar-refractivity contribution in [2.24, 2.45) is 0 Å². The number of ether oxygens (including phenoxy) is 1. The van der Waals surface area contributed by atoms with E-state index in [9.17, 15) is 14.0 Å². The third kappa shape index (κ3) is 3.45. The fraction of sp³-hybridized carbons (Fsp3) is 0.167. The molecule has 0 aliphatic heterocycles. The Kier molecular flexibility index (Phi) is 4.55. The van der Waals surface area contributed by atoms with E-state index in [1.54, 1.807) is 19.9 Å². The molecule has 29 heavy (non-hydrogen) atoms. The first kappa shape index (κ1) is 18.3. The quantitative estimate of drug-likeness (QED) is 0.545. The van der Waals surface area contributed by atoms with Crippen molar-refractivity contribution in [3.8, 4) is 11.6 Å². The van der Waals surface area contributed by atoms with Gasteiger partial charge in [-0.1, -0.05) is 0 Å². The van der Waals surface area contributed by atoms with Crippen molar-refractivity contribution in [2.45, 2.75) is 13.8 Å². The molecule has 0 fully saturated rings. The first-order chi connectivity index (χ1) is 14.0. The lowest BCUT2D eigenvalue weighted by Gasteiger charge is -2.08. The lowest BCUT2D eigenvalue weighted by molar-refractivity contribution is 0.167. The Morgan fingerprint density at radius 3 is 2.76 bits per heavy atom. The number of hydrogen-bond acceptors (Lipinski definition) is 6. The molecule has 4 aromatic rings. The van der Waals surface area contributed by atoms with Gasteiger partial charge in [0.1, 0.15) is 17.0 Å². The van der Waals surface area contributed by atoms with Crippen molar-refractivity contribution >= 4 is 22.9 Å². The molecule has 3 aromatic heterocycles. The number of aromatic nitrogens is 6. The number of halogens is 1. The lowest BCUT2D eigenvalue weighted by atomic mass is 10.3. The standard InChI is InChI=1S/C18H16FN7O3/c1-3-29-18(28)21-14-8-10(2)24-26(14)17-22-15-13(16(27)23-17)9-20-25(15)12-6-4-11(19)5-7-12/h4-9H,3H2,1-2H3,(H,21,28)(H,22,23,27). The number of fused-ring (bicyclic) bond motifs is 1. The molecule has 3 heterocycles. The molecule has 1 amide bonds. The first-order valence-electron chi connectivity index (χ1n) is 8.71. The minimum atomic E-state index is -0.659. The predicted octanol–water partition coefficient (Wildman–Crippen LogP) is 2.31. The number of rotatable bonds is 4. The molecule has 0 spiro atoms. The summed E-state index contributed by atoms with van der Waals surface area (Å²) in [4.78, 5) is 31.4. The number of nitrogens with one attached hydrogen (secondary N) is 2. The zero-order valence-electron chi connectivity index (χ0n) is 15.5. The largest absolute Gasteiger partial charge is 0.450 e. The number of aryl methyl sites for hydroxylation is 1. The number of aromatic amines is 1. The van der Waals surface area contributed by atoms with Crippen LogP contribution in [0.4, 0.5) is 15.0 Å². The maximum absolute atomic E-state index is 13.2. The van der Waals surface area contributed by atoms with Crippen LogP contribution in [0.2, 0.25) is 0 Å². The Bertz CT molecular complexity index is 1260. The van der Waals surface area contributed by atoms with Crippen molar-refractivity contribution in [1.82, 2.24) is 29.5 Å². The number of hydrogen-bond donors (Lipinski definition) is 2. The number of anilines is 1. The maximum atomic E-state index is 13.2. The zero-order valence-corrected chi connectivity index (χ0v) is 15.5. The Labute approximate surface area is 162 Å². The van der Waals surface area contributed by atoms with Gasteiger partial charge < -0.3 is 4.74 Å². The molecule has 4 rings (SSSR count). The summed E-state index contributed by atoms with van der Waals surface area (Å²) in [5.41, 5.74) is 0.942. The van der Waals surface area contributed by atoms with Crippen molar-refractivity contribution in [3.05, 3.63) is 58.4 Å². The van der Waals surface area contributed by atoms with E-state index in [1.165, 1.54) is 39.8 Å². The van der Waals surface area contributed by atoms with E-state index in [0.29, 0.717) is 11.4 Å². The second-order valence-corrected chi connectivity index (χ2v) is 6.09. The van der Waals surface area contributed by atoms with Gasteiger partial charge in [-0.05, 0) is 38.1 Å². The summed E-state index contributed by atoms with van der Waals surface area (Å²) >= 11 is 0. The Hall–Kier alpha value is -4.02. The van der Waals surface area contributed by atoms with Gasteiger partial charge in [-0.25, -0.2) is 13.9 Å². The summed E-state index contributed by atoms with van der Waals surface area (Å²) in [5, 5.41) is 11.3. The number of carbonyl (C=O) groups excluding carboxylic acids is 1. The molecule has 0 radical (unpaired) electrons. The topological polar surface area (TPSA) is 120 Å². The van der Waals surface area contributed by atoms with E-state index in [4.69, 9.17) is 4.74 Å². The predicted molar refractivity (Wildman–Crippen MR) is 102 cm³/mol. The van der Waals surface area contributed by atoms with Crippen molar-refractivity contribution < 1.29 is 13.9 Å². The summed E-state index contributed by atoms with van der Waals surface area (Å²) in [5.74, 6) is -0.0408. The minimum Gasteiger partial charge on any atom is -0.450 e. The van der Waals surface area contributed by atoms with E-state index >= 15 is 0 Å². The molecule has 1 aromatic carbocycles. The van der Waals surface area contributed by atoms with Gasteiger partial charge in [-0.2, -0.15) is 19.9 Å². The monoisotopic (exact) mass is 397 g/mol. The second kappa shape index (κ2) is 7.19. The van der Waals surface area contributed by atoms with Crippen LogP contribution in [0, 0.1) is 12.7 Å². The van der Waals surface area contributed by atoms with Gasteiger partial charge >= 0.3 is 6.09 Å². The average Bonchev–Trinajstić information content (AvgIpc) is 3.26. The summed E-state index contributed by atoms with van der Waals surface area (Å²) in [6.07, 6.45) is 0.717. The Morgan fingerprint density at radius 2 is 2.03 bits per heavy atom. The number of nitrogens with zero attached hydrogens (tertiary/aromatic N) is 5. The van der Waals surface area contributed by atoms with Gasteiger partial charge in [-0.15, -0.1) is 0 Å². The number of benzene rings is 1. The van der Waals surface area contributed by atoms with Crippen LogP contribution in [-0.4, -0.2) is 42.2 Å². The van der Waals surface area contributed by atoms with E-state index in [-0.39, 0.29) is 29.4 Å². The molecule has 11 heteroatoms. The molecule has 0 aliphatic rings. The lowest BCUT2D eigenvalue weighted by Crippen LogP contribution is -2.19. The van der Waals surface area contributed by atoms with E-state index in [1.807, 2.05) is 0 Å². The van der Waals surface area contributed by atoms with Crippen molar-refractivity contribution in [1.29, 1.82) is 0 Å². The van der Waals surface area contributed by atoms with Gasteiger partial charge in [0.15, 0.2) is 5.65 Å². The third-order valence-electron chi connectivity index (χ3n) is 4.03. The minimum absolute atomic E-state index is 0.0752. The SMILES string of the molecule is CCOC(=O)Nc1cc(C)nn1-c1nc2c(cnn2-c2ccc(F)cc2)c(=O)[nH]1. The highest BCUT2D eigenvalue weighted by molar-refractivity contribution is 5.84. The van der Waals surface area contributed by atoms with E-state index in [2.05, 4.69) is 25.5 Å². The van der Waals surface area contributed by atoms with Crippen LogP contribution in [0.25, 0.3) is 22.7 Å². The van der Waals surface area contributed by atoms with Crippen LogP contribution < -0.4 is 10.9 Å². The molecule has 0 unspecified atom stereocenters. The average molecular weight is 397 g/mol. The number of amides is 1. The molecule has 148 valence electrons. The van der Waals surface area contributed by atoms with Gasteiger partial charge in [-0.3, -0.25) is 15.1 Å². The molecule has 0 bridgehead atoms. The van der Waals surface area contributed by atoms with Gasteiger partial charge in [0, 0.05) is 6.07 Å². The van der Waals surface area contributed by atoms with Crippen LogP contribution in [0.5, 0.6) is 0 Å². The highest BCUT2D eigenvalue weighted by Crippen LogP contribution is 2.18. The molecule has 10 nitrogen and oxygen atoms in total. The zero-order chi connectivity index (χ0) is 20.5. The number of H-pyrrole nitrogens is 1. The molecule has 0 aliphatic carbocycles. The highest BCUT2D eigenvalue weighted by Gasteiger charge is 2.17.